The highest BCUT2D eigenvalue weighted by molar-refractivity contribution is 5.75. The van der Waals surface area contributed by atoms with Crippen molar-refractivity contribution in [1.29, 1.82) is 0 Å². The maximum absolute atomic E-state index is 10.8. The van der Waals surface area contributed by atoms with Crippen LogP contribution in [0.4, 0.5) is 0 Å². The van der Waals surface area contributed by atoms with Gasteiger partial charge in [-0.2, -0.15) is 0 Å². The molecule has 4 heteroatoms. The van der Waals surface area contributed by atoms with Gasteiger partial charge in [0, 0.05) is 0 Å². The topological polar surface area (TPSA) is 78.3 Å². The Bertz CT molecular complexity index is 136. The van der Waals surface area contributed by atoms with Crippen molar-refractivity contribution in [1.82, 2.24) is 0 Å². The molecule has 0 saturated heterocycles. The normalized spacial score (nSPS) is 12.2. The van der Waals surface area contributed by atoms with Gasteiger partial charge in [-0.05, 0) is 13.0 Å². The fourth-order valence-corrected chi connectivity index (χ4v) is 0.546. The first-order chi connectivity index (χ1) is 5.22. The van der Waals surface area contributed by atoms with Crippen LogP contribution in [-0.4, -0.2) is 25.2 Å². The molecule has 1 unspecified atom stereocenters. The third-order valence-electron chi connectivity index (χ3n) is 1.12. The van der Waals surface area contributed by atoms with Crippen LogP contribution in [0.1, 0.15) is 6.42 Å². The number of carbonyl (C=O) groups is 1. The SMILES string of the molecule is C=CCOC(=O)C(N)CCN. The Labute approximate surface area is 66.2 Å². The summed E-state index contributed by atoms with van der Waals surface area (Å²) in [6, 6.07) is -0.597. The lowest BCUT2D eigenvalue weighted by Gasteiger charge is -2.07. The van der Waals surface area contributed by atoms with E-state index in [4.69, 9.17) is 11.5 Å². The summed E-state index contributed by atoms with van der Waals surface area (Å²) in [6.07, 6.45) is 1.95. The molecule has 0 aromatic rings. The molecule has 11 heavy (non-hydrogen) atoms. The second-order valence-electron chi connectivity index (χ2n) is 2.10. The minimum atomic E-state index is -0.597. The maximum Gasteiger partial charge on any atom is 0.323 e. The standard InChI is InChI=1S/C7H14N2O2/c1-2-5-11-7(10)6(9)3-4-8/h2,6H,1,3-5,8-9H2. The summed E-state index contributed by atoms with van der Waals surface area (Å²) in [6.45, 7) is 3.99. The second-order valence-corrected chi connectivity index (χ2v) is 2.10. The van der Waals surface area contributed by atoms with E-state index in [0.29, 0.717) is 13.0 Å². The van der Waals surface area contributed by atoms with Crippen molar-refractivity contribution < 1.29 is 9.53 Å². The van der Waals surface area contributed by atoms with Gasteiger partial charge < -0.3 is 16.2 Å². The fourth-order valence-electron chi connectivity index (χ4n) is 0.546. The quantitative estimate of drug-likeness (QED) is 0.413. The van der Waals surface area contributed by atoms with Crippen molar-refractivity contribution in [2.45, 2.75) is 12.5 Å². The third kappa shape index (κ3) is 4.52. The first-order valence-electron chi connectivity index (χ1n) is 3.45. The van der Waals surface area contributed by atoms with Crippen LogP contribution in [0.5, 0.6) is 0 Å². The Morgan fingerprint density at radius 1 is 1.73 bits per heavy atom. The average molecular weight is 158 g/mol. The van der Waals surface area contributed by atoms with Crippen molar-refractivity contribution >= 4 is 5.97 Å². The molecule has 0 aliphatic rings. The Morgan fingerprint density at radius 2 is 2.36 bits per heavy atom. The van der Waals surface area contributed by atoms with Crippen LogP contribution in [0.25, 0.3) is 0 Å². The van der Waals surface area contributed by atoms with E-state index in [9.17, 15) is 4.79 Å². The molecule has 0 aromatic heterocycles. The van der Waals surface area contributed by atoms with Crippen LogP contribution in [-0.2, 0) is 9.53 Å². The Kier molecular flexibility index (Phi) is 5.42. The van der Waals surface area contributed by atoms with Crippen molar-refractivity contribution in [3.8, 4) is 0 Å². The summed E-state index contributed by atoms with van der Waals surface area (Å²) in [5.41, 5.74) is 10.6. The number of ether oxygens (including phenoxy) is 1. The molecule has 64 valence electrons. The minimum Gasteiger partial charge on any atom is -0.460 e. The van der Waals surface area contributed by atoms with Gasteiger partial charge in [0.05, 0.1) is 0 Å². The van der Waals surface area contributed by atoms with E-state index in [1.807, 2.05) is 0 Å². The van der Waals surface area contributed by atoms with Gasteiger partial charge >= 0.3 is 5.97 Å². The molecule has 4 N–H and O–H groups in total. The van der Waals surface area contributed by atoms with Gasteiger partial charge in [0.25, 0.3) is 0 Å². The monoisotopic (exact) mass is 158 g/mol. The van der Waals surface area contributed by atoms with E-state index < -0.39 is 12.0 Å². The number of esters is 1. The highest BCUT2D eigenvalue weighted by Crippen LogP contribution is 1.89. The number of hydrogen-bond acceptors (Lipinski definition) is 4. The van der Waals surface area contributed by atoms with Crippen LogP contribution in [0.3, 0.4) is 0 Å². The van der Waals surface area contributed by atoms with Crippen LogP contribution in [0, 0.1) is 0 Å². The number of hydrogen-bond donors (Lipinski definition) is 2. The van der Waals surface area contributed by atoms with Crippen molar-refractivity contribution in [2.75, 3.05) is 13.2 Å². The summed E-state index contributed by atoms with van der Waals surface area (Å²) in [5.74, 6) is -0.421. The van der Waals surface area contributed by atoms with E-state index in [1.165, 1.54) is 6.08 Å². The smallest absolute Gasteiger partial charge is 0.323 e. The zero-order valence-electron chi connectivity index (χ0n) is 6.45. The second kappa shape index (κ2) is 5.88. The molecule has 0 heterocycles. The molecule has 4 nitrogen and oxygen atoms in total. The van der Waals surface area contributed by atoms with Crippen molar-refractivity contribution in [3.63, 3.8) is 0 Å². The van der Waals surface area contributed by atoms with Gasteiger partial charge in [-0.25, -0.2) is 0 Å². The van der Waals surface area contributed by atoms with Crippen molar-refractivity contribution in [2.24, 2.45) is 11.5 Å². The summed E-state index contributed by atoms with van der Waals surface area (Å²) in [5, 5.41) is 0. The molecule has 0 spiro atoms. The number of carbonyl (C=O) groups excluding carboxylic acids is 1. The molecule has 1 atom stereocenters. The highest BCUT2D eigenvalue weighted by atomic mass is 16.5. The molecule has 0 amide bonds. The largest absolute Gasteiger partial charge is 0.460 e. The van der Waals surface area contributed by atoms with Crippen LogP contribution >= 0.6 is 0 Å². The maximum atomic E-state index is 10.8. The van der Waals surface area contributed by atoms with Crippen LogP contribution < -0.4 is 11.5 Å². The summed E-state index contributed by atoms with van der Waals surface area (Å²) < 4.78 is 4.67. The fraction of sp³-hybridized carbons (Fsp3) is 0.571. The molecule has 0 rings (SSSR count). The third-order valence-corrected chi connectivity index (χ3v) is 1.12. The molecular formula is C7H14N2O2. The lowest BCUT2D eigenvalue weighted by atomic mass is 10.2. The van der Waals surface area contributed by atoms with Gasteiger partial charge in [-0.1, -0.05) is 12.7 Å². The van der Waals surface area contributed by atoms with Crippen LogP contribution in [0.2, 0.25) is 0 Å². The van der Waals surface area contributed by atoms with Crippen LogP contribution in [0.15, 0.2) is 12.7 Å². The van der Waals surface area contributed by atoms with Gasteiger partial charge in [0.1, 0.15) is 12.6 Å². The highest BCUT2D eigenvalue weighted by Gasteiger charge is 2.12. The zero-order valence-corrected chi connectivity index (χ0v) is 6.45. The molecule has 0 saturated carbocycles. The molecule has 0 aromatic carbocycles. The lowest BCUT2D eigenvalue weighted by molar-refractivity contribution is -0.144. The lowest BCUT2D eigenvalue weighted by Crippen LogP contribution is -2.34. The van der Waals surface area contributed by atoms with E-state index in [0.717, 1.165) is 0 Å². The Morgan fingerprint density at radius 3 is 2.82 bits per heavy atom. The average Bonchev–Trinajstić information content (AvgIpc) is 2.00. The van der Waals surface area contributed by atoms with Crippen molar-refractivity contribution in [3.05, 3.63) is 12.7 Å². The van der Waals surface area contributed by atoms with Gasteiger partial charge in [0.15, 0.2) is 0 Å². The molecule has 0 aliphatic heterocycles. The predicted octanol–water partition coefficient (Wildman–Crippen LogP) is -0.608. The zero-order chi connectivity index (χ0) is 8.69. The molecule has 0 fully saturated rings. The first kappa shape index (κ1) is 10.1. The molecular weight excluding hydrogens is 144 g/mol. The van der Waals surface area contributed by atoms with Gasteiger partial charge in [-0.15, -0.1) is 0 Å². The number of rotatable bonds is 5. The van der Waals surface area contributed by atoms with Gasteiger partial charge in [-0.3, -0.25) is 4.79 Å². The Balaban J connectivity index is 3.54. The van der Waals surface area contributed by atoms with E-state index >= 15 is 0 Å². The first-order valence-corrected chi connectivity index (χ1v) is 3.45. The van der Waals surface area contributed by atoms with E-state index in [-0.39, 0.29) is 6.61 Å². The summed E-state index contributed by atoms with van der Waals surface area (Å²) >= 11 is 0. The minimum absolute atomic E-state index is 0.205. The summed E-state index contributed by atoms with van der Waals surface area (Å²) in [4.78, 5) is 10.8. The number of nitrogens with two attached hydrogens (primary N) is 2. The molecule has 0 aliphatic carbocycles. The van der Waals surface area contributed by atoms with E-state index in [2.05, 4.69) is 11.3 Å². The Hall–Kier alpha value is -0.870. The van der Waals surface area contributed by atoms with Gasteiger partial charge in [0.2, 0.25) is 0 Å². The molecule has 0 radical (unpaired) electrons. The predicted molar refractivity (Wildman–Crippen MR) is 42.8 cm³/mol. The molecule has 0 bridgehead atoms. The van der Waals surface area contributed by atoms with E-state index in [1.54, 1.807) is 0 Å². The summed E-state index contributed by atoms with van der Waals surface area (Å²) in [7, 11) is 0.